The minimum atomic E-state index is -0.280. The molecular formula is C20H34N6O3. The fourth-order valence-corrected chi connectivity index (χ4v) is 4.19. The summed E-state index contributed by atoms with van der Waals surface area (Å²) in [5.41, 5.74) is 5.53. The number of primary amides is 1. The molecule has 1 aromatic heterocycles. The van der Waals surface area contributed by atoms with Crippen LogP contribution in [-0.4, -0.2) is 58.9 Å². The third-order valence-corrected chi connectivity index (χ3v) is 5.80. The maximum Gasteiger partial charge on any atom is 0.289 e. The van der Waals surface area contributed by atoms with Gasteiger partial charge in [0, 0.05) is 38.9 Å². The minimum absolute atomic E-state index is 0.0209. The van der Waals surface area contributed by atoms with E-state index in [1.807, 2.05) is 23.3 Å². The third kappa shape index (κ3) is 5.68. The molecule has 0 radical (unpaired) electrons. The van der Waals surface area contributed by atoms with Gasteiger partial charge in [0.25, 0.3) is 5.91 Å². The number of piperidine rings is 1. The van der Waals surface area contributed by atoms with Gasteiger partial charge in [0.1, 0.15) is 0 Å². The number of aromatic nitrogens is 3. The molecule has 0 bridgehead atoms. The molecule has 1 unspecified atom stereocenters. The number of anilines is 1. The topological polar surface area (TPSA) is 115 Å². The van der Waals surface area contributed by atoms with Crippen molar-refractivity contribution in [2.45, 2.75) is 65.0 Å². The zero-order chi connectivity index (χ0) is 20.8. The number of ether oxygens (including phenoxy) is 1. The van der Waals surface area contributed by atoms with Gasteiger partial charge in [0.05, 0.1) is 5.92 Å². The van der Waals surface area contributed by atoms with Crippen molar-refractivity contribution in [1.82, 2.24) is 20.1 Å². The van der Waals surface area contributed by atoms with Gasteiger partial charge < -0.3 is 20.7 Å². The summed E-state index contributed by atoms with van der Waals surface area (Å²) in [5, 5.41) is 11.4. The Morgan fingerprint density at radius 2 is 2.00 bits per heavy atom. The highest BCUT2D eigenvalue weighted by Gasteiger charge is 2.29. The Hall–Kier alpha value is -2.16. The second-order valence-electron chi connectivity index (χ2n) is 8.49. The highest BCUT2D eigenvalue weighted by atomic mass is 16.5. The van der Waals surface area contributed by atoms with Gasteiger partial charge in [-0.25, -0.2) is 0 Å². The lowest BCUT2D eigenvalue weighted by molar-refractivity contribution is -0.122. The van der Waals surface area contributed by atoms with Crippen molar-refractivity contribution in [3.63, 3.8) is 0 Å². The molecule has 2 aliphatic heterocycles. The zero-order valence-electron chi connectivity index (χ0n) is 17.6. The van der Waals surface area contributed by atoms with E-state index in [2.05, 4.69) is 15.5 Å². The first-order valence-electron chi connectivity index (χ1n) is 10.8. The van der Waals surface area contributed by atoms with Crippen molar-refractivity contribution in [1.29, 1.82) is 0 Å². The number of amides is 2. The molecule has 0 saturated carbocycles. The van der Waals surface area contributed by atoms with Crippen LogP contribution in [0.3, 0.4) is 0 Å². The Morgan fingerprint density at radius 1 is 1.24 bits per heavy atom. The summed E-state index contributed by atoms with van der Waals surface area (Å²) in [6.45, 7) is 7.52. The van der Waals surface area contributed by atoms with E-state index >= 15 is 0 Å². The average Bonchev–Trinajstić information content (AvgIpc) is 3.12. The van der Waals surface area contributed by atoms with Crippen molar-refractivity contribution in [3.8, 4) is 0 Å². The standard InChI is InChI=1S/C20H34N6O3/c1-14(2)22-19(28)18-23-24-20(25-9-4-6-16(13-25)17(21)27)26(18)10-3-5-15-7-11-29-12-8-15/h14-16H,3-13H2,1-2H3,(H2,21,27)(H,22,28). The molecule has 3 heterocycles. The second kappa shape index (κ2) is 10.0. The molecule has 1 atom stereocenters. The maximum absolute atomic E-state index is 12.7. The van der Waals surface area contributed by atoms with Crippen LogP contribution in [0.25, 0.3) is 0 Å². The lowest BCUT2D eigenvalue weighted by atomic mass is 9.95. The highest BCUT2D eigenvalue weighted by Crippen LogP contribution is 2.25. The normalized spacial score (nSPS) is 20.8. The molecule has 1 aromatic rings. The fourth-order valence-electron chi connectivity index (χ4n) is 4.19. The van der Waals surface area contributed by atoms with E-state index in [0.717, 1.165) is 58.3 Å². The highest BCUT2D eigenvalue weighted by molar-refractivity contribution is 5.91. The number of nitrogens with one attached hydrogen (secondary N) is 1. The first-order valence-corrected chi connectivity index (χ1v) is 10.8. The van der Waals surface area contributed by atoms with Gasteiger partial charge in [-0.2, -0.15) is 0 Å². The van der Waals surface area contributed by atoms with Crippen LogP contribution in [0, 0.1) is 11.8 Å². The molecule has 3 N–H and O–H groups in total. The maximum atomic E-state index is 12.7. The van der Waals surface area contributed by atoms with E-state index in [0.29, 0.717) is 30.8 Å². The number of nitrogens with two attached hydrogens (primary N) is 1. The van der Waals surface area contributed by atoms with Crippen molar-refractivity contribution in [2.75, 3.05) is 31.2 Å². The SMILES string of the molecule is CC(C)NC(=O)c1nnc(N2CCCC(C(N)=O)C2)n1CCCC1CCOCC1. The van der Waals surface area contributed by atoms with Crippen LogP contribution in [0.15, 0.2) is 0 Å². The Bertz CT molecular complexity index is 698. The van der Waals surface area contributed by atoms with Gasteiger partial charge >= 0.3 is 0 Å². The third-order valence-electron chi connectivity index (χ3n) is 5.80. The van der Waals surface area contributed by atoms with Gasteiger partial charge in [0.2, 0.25) is 17.7 Å². The molecular weight excluding hydrogens is 372 g/mol. The Morgan fingerprint density at radius 3 is 2.69 bits per heavy atom. The summed E-state index contributed by atoms with van der Waals surface area (Å²) < 4.78 is 7.36. The predicted octanol–water partition coefficient (Wildman–Crippen LogP) is 1.32. The molecule has 29 heavy (non-hydrogen) atoms. The largest absolute Gasteiger partial charge is 0.381 e. The van der Waals surface area contributed by atoms with E-state index in [9.17, 15) is 9.59 Å². The van der Waals surface area contributed by atoms with Crippen molar-refractivity contribution in [3.05, 3.63) is 5.82 Å². The van der Waals surface area contributed by atoms with Crippen LogP contribution in [0.2, 0.25) is 0 Å². The van der Waals surface area contributed by atoms with Crippen LogP contribution >= 0.6 is 0 Å². The Balaban J connectivity index is 1.74. The molecule has 162 valence electrons. The minimum Gasteiger partial charge on any atom is -0.381 e. The number of rotatable bonds is 8. The van der Waals surface area contributed by atoms with Crippen molar-refractivity contribution < 1.29 is 14.3 Å². The average molecular weight is 407 g/mol. The zero-order valence-corrected chi connectivity index (χ0v) is 17.6. The first-order chi connectivity index (χ1) is 14.0. The number of nitrogens with zero attached hydrogens (tertiary/aromatic N) is 4. The monoisotopic (exact) mass is 406 g/mol. The molecule has 9 nitrogen and oxygen atoms in total. The molecule has 0 aromatic carbocycles. The fraction of sp³-hybridized carbons (Fsp3) is 0.800. The van der Waals surface area contributed by atoms with Gasteiger partial charge in [-0.3, -0.25) is 14.2 Å². The summed E-state index contributed by atoms with van der Waals surface area (Å²) in [6, 6.07) is 0.0209. The molecule has 0 spiro atoms. The summed E-state index contributed by atoms with van der Waals surface area (Å²) in [6.07, 6.45) is 5.91. The van der Waals surface area contributed by atoms with Crippen molar-refractivity contribution >= 4 is 17.8 Å². The van der Waals surface area contributed by atoms with Crippen LogP contribution in [0.1, 0.15) is 63.0 Å². The summed E-state index contributed by atoms with van der Waals surface area (Å²) in [4.78, 5) is 26.4. The molecule has 2 aliphatic rings. The molecule has 3 rings (SSSR count). The molecule has 2 saturated heterocycles. The molecule has 2 fully saturated rings. The molecule has 9 heteroatoms. The predicted molar refractivity (Wildman–Crippen MR) is 110 cm³/mol. The van der Waals surface area contributed by atoms with E-state index in [1.54, 1.807) is 0 Å². The lowest BCUT2D eigenvalue weighted by Crippen LogP contribution is -2.42. The van der Waals surface area contributed by atoms with Gasteiger partial charge in [-0.1, -0.05) is 0 Å². The molecule has 2 amide bonds. The Kier molecular flexibility index (Phi) is 7.46. The van der Waals surface area contributed by atoms with Crippen LogP contribution in [0.5, 0.6) is 0 Å². The summed E-state index contributed by atoms with van der Waals surface area (Å²) in [7, 11) is 0. The molecule has 0 aliphatic carbocycles. The van der Waals surface area contributed by atoms with Gasteiger partial charge in [0.15, 0.2) is 0 Å². The number of carbonyl (C=O) groups excluding carboxylic acids is 2. The van der Waals surface area contributed by atoms with Crippen molar-refractivity contribution in [2.24, 2.45) is 17.6 Å². The van der Waals surface area contributed by atoms with E-state index in [-0.39, 0.29) is 23.8 Å². The lowest BCUT2D eigenvalue weighted by Gasteiger charge is -2.32. The van der Waals surface area contributed by atoms with E-state index < -0.39 is 0 Å². The summed E-state index contributed by atoms with van der Waals surface area (Å²) in [5.74, 6) is 0.986. The summed E-state index contributed by atoms with van der Waals surface area (Å²) >= 11 is 0. The van der Waals surface area contributed by atoms with E-state index in [4.69, 9.17) is 10.5 Å². The quantitative estimate of drug-likeness (QED) is 0.673. The number of carbonyl (C=O) groups is 2. The van der Waals surface area contributed by atoms with Gasteiger partial charge in [-0.05, 0) is 58.3 Å². The Labute approximate surface area is 172 Å². The number of hydrogen-bond acceptors (Lipinski definition) is 6. The second-order valence-corrected chi connectivity index (χ2v) is 8.49. The van der Waals surface area contributed by atoms with Crippen LogP contribution in [0.4, 0.5) is 5.95 Å². The number of hydrogen-bond donors (Lipinski definition) is 2. The van der Waals surface area contributed by atoms with E-state index in [1.165, 1.54) is 0 Å². The first kappa shape index (κ1) is 21.5. The van der Waals surface area contributed by atoms with Crippen LogP contribution in [-0.2, 0) is 16.1 Å². The van der Waals surface area contributed by atoms with Gasteiger partial charge in [-0.15, -0.1) is 10.2 Å². The van der Waals surface area contributed by atoms with Crippen LogP contribution < -0.4 is 16.0 Å². The smallest absolute Gasteiger partial charge is 0.289 e.